The molecular formula is C17H21NO3. The molecule has 1 amide bonds. The Morgan fingerprint density at radius 1 is 1.19 bits per heavy atom. The van der Waals surface area contributed by atoms with Crippen molar-refractivity contribution >= 4 is 5.91 Å². The number of rotatable bonds is 5. The van der Waals surface area contributed by atoms with Crippen molar-refractivity contribution in [2.24, 2.45) is 0 Å². The number of benzene rings is 1. The third-order valence-corrected chi connectivity index (χ3v) is 2.79. The predicted octanol–water partition coefficient (Wildman–Crippen LogP) is 3.43. The molecule has 0 aliphatic heterocycles. The number of carbonyl (C=O) groups excluding carboxylic acids is 1. The molecule has 21 heavy (non-hydrogen) atoms. The normalized spacial score (nSPS) is 11.2. The number of hydrogen-bond acceptors (Lipinski definition) is 3. The van der Waals surface area contributed by atoms with Crippen LogP contribution in [0.2, 0.25) is 0 Å². The van der Waals surface area contributed by atoms with Gasteiger partial charge in [-0.3, -0.25) is 4.79 Å². The van der Waals surface area contributed by atoms with Gasteiger partial charge >= 0.3 is 0 Å². The van der Waals surface area contributed by atoms with Gasteiger partial charge in [0.05, 0.1) is 6.26 Å². The highest BCUT2D eigenvalue weighted by atomic mass is 16.5. The SMILES string of the molecule is CC(C)(C)Oc1ccc(CCNC(=O)c2ccco2)cc1. The summed E-state index contributed by atoms with van der Waals surface area (Å²) in [6.45, 7) is 6.63. The van der Waals surface area contributed by atoms with Crippen molar-refractivity contribution in [3.05, 3.63) is 54.0 Å². The molecule has 4 nitrogen and oxygen atoms in total. The molecule has 0 saturated carbocycles. The summed E-state index contributed by atoms with van der Waals surface area (Å²) in [5.41, 5.74) is 0.953. The van der Waals surface area contributed by atoms with Crippen LogP contribution in [0.3, 0.4) is 0 Å². The Balaban J connectivity index is 1.80. The summed E-state index contributed by atoms with van der Waals surface area (Å²) in [7, 11) is 0. The first-order chi connectivity index (χ1) is 9.94. The van der Waals surface area contributed by atoms with Crippen LogP contribution in [-0.2, 0) is 6.42 Å². The van der Waals surface area contributed by atoms with Crippen LogP contribution in [0.15, 0.2) is 47.1 Å². The van der Waals surface area contributed by atoms with Gasteiger partial charge in [0, 0.05) is 6.54 Å². The molecule has 2 aromatic rings. The Hall–Kier alpha value is -2.23. The number of carbonyl (C=O) groups is 1. The second kappa shape index (κ2) is 6.48. The Bertz CT molecular complexity index is 565. The molecule has 0 fully saturated rings. The summed E-state index contributed by atoms with van der Waals surface area (Å²) < 4.78 is 10.8. The van der Waals surface area contributed by atoms with Gasteiger partial charge in [0.2, 0.25) is 0 Å². The van der Waals surface area contributed by atoms with Crippen LogP contribution in [0.25, 0.3) is 0 Å². The van der Waals surface area contributed by atoms with E-state index in [2.05, 4.69) is 5.32 Å². The van der Waals surface area contributed by atoms with Crippen molar-refractivity contribution < 1.29 is 13.9 Å². The van der Waals surface area contributed by atoms with Gasteiger partial charge in [-0.1, -0.05) is 12.1 Å². The molecular weight excluding hydrogens is 266 g/mol. The van der Waals surface area contributed by atoms with Crippen molar-refractivity contribution in [1.82, 2.24) is 5.32 Å². The molecule has 1 heterocycles. The Morgan fingerprint density at radius 2 is 1.90 bits per heavy atom. The molecule has 1 aromatic carbocycles. The van der Waals surface area contributed by atoms with Gasteiger partial charge in [-0.2, -0.15) is 0 Å². The van der Waals surface area contributed by atoms with E-state index in [0.717, 1.165) is 17.7 Å². The van der Waals surface area contributed by atoms with E-state index in [1.807, 2.05) is 45.0 Å². The fourth-order valence-electron chi connectivity index (χ4n) is 1.89. The summed E-state index contributed by atoms with van der Waals surface area (Å²) in [5, 5.41) is 2.82. The van der Waals surface area contributed by atoms with Crippen LogP contribution in [-0.4, -0.2) is 18.1 Å². The number of ether oxygens (including phenoxy) is 1. The highest BCUT2D eigenvalue weighted by Gasteiger charge is 2.11. The number of furan rings is 1. The lowest BCUT2D eigenvalue weighted by atomic mass is 10.1. The molecule has 0 unspecified atom stereocenters. The molecule has 0 bridgehead atoms. The average Bonchev–Trinajstić information content (AvgIpc) is 2.93. The van der Waals surface area contributed by atoms with Crippen molar-refractivity contribution in [3.8, 4) is 5.75 Å². The largest absolute Gasteiger partial charge is 0.488 e. The van der Waals surface area contributed by atoms with Crippen molar-refractivity contribution in [2.75, 3.05) is 6.54 Å². The maximum absolute atomic E-state index is 11.7. The molecule has 0 spiro atoms. The first kappa shape index (κ1) is 15.2. The van der Waals surface area contributed by atoms with Gasteiger partial charge in [0.25, 0.3) is 5.91 Å². The molecule has 0 saturated heterocycles. The Morgan fingerprint density at radius 3 is 2.48 bits per heavy atom. The second-order valence-corrected chi connectivity index (χ2v) is 5.84. The molecule has 1 N–H and O–H groups in total. The maximum atomic E-state index is 11.7. The van der Waals surface area contributed by atoms with Crippen LogP contribution < -0.4 is 10.1 Å². The molecule has 1 aromatic heterocycles. The lowest BCUT2D eigenvalue weighted by Crippen LogP contribution is -2.25. The maximum Gasteiger partial charge on any atom is 0.286 e. The molecule has 112 valence electrons. The van der Waals surface area contributed by atoms with Crippen LogP contribution >= 0.6 is 0 Å². The molecule has 0 radical (unpaired) electrons. The van der Waals surface area contributed by atoms with E-state index in [1.165, 1.54) is 6.26 Å². The van der Waals surface area contributed by atoms with Gasteiger partial charge in [-0.25, -0.2) is 0 Å². The van der Waals surface area contributed by atoms with Gasteiger partial charge in [-0.15, -0.1) is 0 Å². The fraction of sp³-hybridized carbons (Fsp3) is 0.353. The smallest absolute Gasteiger partial charge is 0.286 e. The summed E-state index contributed by atoms with van der Waals surface area (Å²) in [5.74, 6) is 1.00. The fourth-order valence-corrected chi connectivity index (χ4v) is 1.89. The standard InChI is InChI=1S/C17H21NO3/c1-17(2,3)21-14-8-6-13(7-9-14)10-11-18-16(19)15-5-4-12-20-15/h4-9,12H,10-11H2,1-3H3,(H,18,19). The van der Waals surface area contributed by atoms with Crippen molar-refractivity contribution in [3.63, 3.8) is 0 Å². The summed E-state index contributed by atoms with van der Waals surface area (Å²) >= 11 is 0. The van der Waals surface area contributed by atoms with Gasteiger partial charge in [-0.05, 0) is 57.0 Å². The van der Waals surface area contributed by atoms with E-state index in [9.17, 15) is 4.79 Å². The van der Waals surface area contributed by atoms with Gasteiger partial charge in [0.1, 0.15) is 11.4 Å². The minimum Gasteiger partial charge on any atom is -0.488 e. The Labute approximate surface area is 125 Å². The zero-order valence-electron chi connectivity index (χ0n) is 12.7. The summed E-state index contributed by atoms with van der Waals surface area (Å²) in [6.07, 6.45) is 2.26. The van der Waals surface area contributed by atoms with E-state index in [1.54, 1.807) is 12.1 Å². The second-order valence-electron chi connectivity index (χ2n) is 5.84. The highest BCUT2D eigenvalue weighted by molar-refractivity contribution is 5.91. The number of hydrogen-bond donors (Lipinski definition) is 1. The van der Waals surface area contributed by atoms with Gasteiger partial charge in [0.15, 0.2) is 5.76 Å². The molecule has 0 aliphatic rings. The van der Waals surface area contributed by atoms with Crippen molar-refractivity contribution in [2.45, 2.75) is 32.8 Å². The summed E-state index contributed by atoms with van der Waals surface area (Å²) in [6, 6.07) is 11.3. The van der Waals surface area contributed by atoms with Crippen LogP contribution in [0.5, 0.6) is 5.75 Å². The minimum atomic E-state index is -0.196. The third kappa shape index (κ3) is 4.99. The summed E-state index contributed by atoms with van der Waals surface area (Å²) in [4.78, 5) is 11.7. The Kier molecular flexibility index (Phi) is 4.68. The van der Waals surface area contributed by atoms with E-state index in [0.29, 0.717) is 12.3 Å². The zero-order valence-corrected chi connectivity index (χ0v) is 12.7. The first-order valence-electron chi connectivity index (χ1n) is 7.04. The predicted molar refractivity (Wildman–Crippen MR) is 81.6 cm³/mol. The van der Waals surface area contributed by atoms with E-state index in [4.69, 9.17) is 9.15 Å². The number of nitrogens with one attached hydrogen (secondary N) is 1. The highest BCUT2D eigenvalue weighted by Crippen LogP contribution is 2.18. The molecule has 0 atom stereocenters. The van der Waals surface area contributed by atoms with E-state index >= 15 is 0 Å². The van der Waals surface area contributed by atoms with Crippen LogP contribution in [0.1, 0.15) is 36.9 Å². The van der Waals surface area contributed by atoms with Gasteiger partial charge < -0.3 is 14.5 Å². The average molecular weight is 287 g/mol. The monoisotopic (exact) mass is 287 g/mol. The number of amides is 1. The van der Waals surface area contributed by atoms with Crippen LogP contribution in [0, 0.1) is 0 Å². The minimum absolute atomic E-state index is 0.187. The first-order valence-corrected chi connectivity index (χ1v) is 7.04. The third-order valence-electron chi connectivity index (χ3n) is 2.79. The topological polar surface area (TPSA) is 51.5 Å². The molecule has 2 rings (SSSR count). The van der Waals surface area contributed by atoms with E-state index < -0.39 is 0 Å². The lowest BCUT2D eigenvalue weighted by molar-refractivity contribution is 0.0926. The molecule has 0 aliphatic carbocycles. The van der Waals surface area contributed by atoms with E-state index in [-0.39, 0.29) is 11.5 Å². The van der Waals surface area contributed by atoms with Crippen LogP contribution in [0.4, 0.5) is 0 Å². The zero-order chi connectivity index (χ0) is 15.3. The lowest BCUT2D eigenvalue weighted by Gasteiger charge is -2.21. The van der Waals surface area contributed by atoms with Crippen molar-refractivity contribution in [1.29, 1.82) is 0 Å². The quantitative estimate of drug-likeness (QED) is 0.916. The molecule has 4 heteroatoms.